The van der Waals surface area contributed by atoms with Gasteiger partial charge < -0.3 is 4.57 Å². The fourth-order valence-electron chi connectivity index (χ4n) is 6.08. The molecule has 0 aliphatic rings. The lowest BCUT2D eigenvalue weighted by atomic mass is 9.94. The first-order valence-corrected chi connectivity index (χ1v) is 13.6. The van der Waals surface area contributed by atoms with Crippen molar-refractivity contribution in [1.29, 1.82) is 5.26 Å². The molecule has 0 radical (unpaired) electrons. The summed E-state index contributed by atoms with van der Waals surface area (Å²) < 4.78 is 2.38. The Morgan fingerprint density at radius 2 is 1.34 bits per heavy atom. The SMILES string of the molecule is N#Cc1ccnc(-c2ccc(-c3cc4c(c5ccccc35)c3c5ccccc5ccc3n4-c3ccccc3)cn2)c1. The van der Waals surface area contributed by atoms with Crippen molar-refractivity contribution in [1.82, 2.24) is 14.5 Å². The van der Waals surface area contributed by atoms with Crippen molar-refractivity contribution in [2.24, 2.45) is 0 Å². The monoisotopic (exact) mass is 522 g/mol. The second-order valence-corrected chi connectivity index (χ2v) is 10.2. The Kier molecular flexibility index (Phi) is 5.16. The molecule has 41 heavy (non-hydrogen) atoms. The predicted molar refractivity (Wildman–Crippen MR) is 167 cm³/mol. The average Bonchev–Trinajstić information content (AvgIpc) is 3.40. The molecule has 4 heteroatoms. The number of hydrogen-bond acceptors (Lipinski definition) is 3. The molecule has 0 saturated heterocycles. The fourth-order valence-corrected chi connectivity index (χ4v) is 6.08. The van der Waals surface area contributed by atoms with Crippen molar-refractivity contribution >= 4 is 43.4 Å². The first-order valence-electron chi connectivity index (χ1n) is 13.6. The minimum Gasteiger partial charge on any atom is -0.309 e. The van der Waals surface area contributed by atoms with Crippen LogP contribution in [0.3, 0.4) is 0 Å². The lowest BCUT2D eigenvalue weighted by Crippen LogP contribution is -1.94. The zero-order valence-corrected chi connectivity index (χ0v) is 22.0. The first kappa shape index (κ1) is 23.1. The molecule has 0 bridgehead atoms. The van der Waals surface area contributed by atoms with Crippen LogP contribution >= 0.6 is 0 Å². The van der Waals surface area contributed by atoms with E-state index in [1.807, 2.05) is 12.3 Å². The molecule has 0 N–H and O–H groups in total. The van der Waals surface area contributed by atoms with E-state index < -0.39 is 0 Å². The maximum absolute atomic E-state index is 9.30. The van der Waals surface area contributed by atoms with Gasteiger partial charge in [-0.15, -0.1) is 0 Å². The van der Waals surface area contributed by atoms with E-state index in [-0.39, 0.29) is 0 Å². The standard InChI is InChI=1S/C37H22N4/c38-22-24-18-19-39-33(20-24)32-16-14-26(23-40-32)31-21-35-37(30-13-7-6-12-29(30)31)36-28-11-5-4-8-25(28)15-17-34(36)41(35)27-9-2-1-3-10-27/h1-21,23H. The van der Waals surface area contributed by atoms with E-state index in [0.29, 0.717) is 11.3 Å². The van der Waals surface area contributed by atoms with Gasteiger partial charge in [-0.25, -0.2) is 0 Å². The Bertz CT molecular complexity index is 2310. The summed E-state index contributed by atoms with van der Waals surface area (Å²) in [5, 5.41) is 16.7. The van der Waals surface area contributed by atoms with Crippen molar-refractivity contribution in [3.63, 3.8) is 0 Å². The number of fused-ring (bicyclic) bond motifs is 7. The summed E-state index contributed by atoms with van der Waals surface area (Å²) in [7, 11) is 0. The van der Waals surface area contributed by atoms with Gasteiger partial charge in [0.2, 0.25) is 0 Å². The highest BCUT2D eigenvalue weighted by atomic mass is 15.0. The van der Waals surface area contributed by atoms with Crippen LogP contribution in [0.25, 0.3) is 71.6 Å². The fraction of sp³-hybridized carbons (Fsp3) is 0. The molecule has 0 amide bonds. The molecule has 0 aliphatic carbocycles. The summed E-state index contributed by atoms with van der Waals surface area (Å²) in [5.74, 6) is 0. The lowest BCUT2D eigenvalue weighted by molar-refractivity contribution is 1.18. The molecule has 4 nitrogen and oxygen atoms in total. The Labute approximate surface area is 236 Å². The predicted octanol–water partition coefficient (Wildman–Crippen LogP) is 9.09. The summed E-state index contributed by atoms with van der Waals surface area (Å²) in [4.78, 5) is 9.20. The first-order chi connectivity index (χ1) is 20.3. The zero-order chi connectivity index (χ0) is 27.3. The summed E-state index contributed by atoms with van der Waals surface area (Å²) >= 11 is 0. The molecule has 8 rings (SSSR count). The Balaban J connectivity index is 1.45. The molecule has 0 fully saturated rings. The van der Waals surface area contributed by atoms with E-state index in [1.165, 1.54) is 37.8 Å². The topological polar surface area (TPSA) is 54.5 Å². The lowest BCUT2D eigenvalue weighted by Gasteiger charge is -2.12. The largest absolute Gasteiger partial charge is 0.309 e. The highest BCUT2D eigenvalue weighted by Crippen LogP contribution is 2.43. The van der Waals surface area contributed by atoms with Crippen LogP contribution in [-0.2, 0) is 0 Å². The molecule has 190 valence electrons. The normalized spacial score (nSPS) is 11.4. The maximum atomic E-state index is 9.30. The summed E-state index contributed by atoms with van der Waals surface area (Å²) in [6.45, 7) is 0. The molecular formula is C37H22N4. The Morgan fingerprint density at radius 3 is 2.15 bits per heavy atom. The summed E-state index contributed by atoms with van der Waals surface area (Å²) in [6, 6.07) is 44.4. The highest BCUT2D eigenvalue weighted by molar-refractivity contribution is 6.30. The third-order valence-corrected chi connectivity index (χ3v) is 7.90. The van der Waals surface area contributed by atoms with Gasteiger partial charge in [-0.3, -0.25) is 9.97 Å². The van der Waals surface area contributed by atoms with E-state index in [2.05, 4.69) is 119 Å². The van der Waals surface area contributed by atoms with Crippen LogP contribution < -0.4 is 0 Å². The van der Waals surface area contributed by atoms with Crippen LogP contribution in [0.5, 0.6) is 0 Å². The van der Waals surface area contributed by atoms with Crippen LogP contribution in [0.1, 0.15) is 5.56 Å². The molecule has 3 aromatic heterocycles. The van der Waals surface area contributed by atoms with Gasteiger partial charge in [-0.05, 0) is 69.6 Å². The average molecular weight is 523 g/mol. The second-order valence-electron chi connectivity index (χ2n) is 10.2. The Morgan fingerprint density at radius 1 is 0.585 bits per heavy atom. The van der Waals surface area contributed by atoms with Gasteiger partial charge in [0.05, 0.1) is 34.1 Å². The van der Waals surface area contributed by atoms with Crippen molar-refractivity contribution in [2.75, 3.05) is 0 Å². The van der Waals surface area contributed by atoms with Gasteiger partial charge >= 0.3 is 0 Å². The third kappa shape index (κ3) is 3.61. The van der Waals surface area contributed by atoms with E-state index in [1.54, 1.807) is 18.3 Å². The summed E-state index contributed by atoms with van der Waals surface area (Å²) in [5.41, 5.74) is 7.61. The van der Waals surface area contributed by atoms with Crippen LogP contribution in [0.15, 0.2) is 134 Å². The van der Waals surface area contributed by atoms with Crippen LogP contribution in [0, 0.1) is 11.3 Å². The van der Waals surface area contributed by atoms with E-state index in [9.17, 15) is 5.26 Å². The Hall–Kier alpha value is -5.79. The summed E-state index contributed by atoms with van der Waals surface area (Å²) in [6.07, 6.45) is 3.56. The van der Waals surface area contributed by atoms with E-state index >= 15 is 0 Å². The number of nitrogens with zero attached hydrogens (tertiary/aromatic N) is 4. The van der Waals surface area contributed by atoms with Gasteiger partial charge in [0.25, 0.3) is 0 Å². The number of aromatic nitrogens is 3. The number of rotatable bonds is 3. The molecular weight excluding hydrogens is 500 g/mol. The molecule has 0 atom stereocenters. The van der Waals surface area contributed by atoms with Crippen LogP contribution in [-0.4, -0.2) is 14.5 Å². The number of para-hydroxylation sites is 1. The molecule has 3 heterocycles. The van der Waals surface area contributed by atoms with Gasteiger partial charge in [0, 0.05) is 34.4 Å². The molecule has 0 aliphatic heterocycles. The number of pyridine rings is 2. The number of benzene rings is 5. The van der Waals surface area contributed by atoms with Crippen molar-refractivity contribution in [2.45, 2.75) is 0 Å². The molecule has 0 unspecified atom stereocenters. The number of hydrogen-bond donors (Lipinski definition) is 0. The molecule has 5 aromatic carbocycles. The van der Waals surface area contributed by atoms with E-state index in [0.717, 1.165) is 28.0 Å². The van der Waals surface area contributed by atoms with Gasteiger partial charge in [-0.2, -0.15) is 5.26 Å². The minimum absolute atomic E-state index is 0.568. The minimum atomic E-state index is 0.568. The molecule has 0 spiro atoms. The molecule has 8 aromatic rings. The quantitative estimate of drug-likeness (QED) is 0.232. The third-order valence-electron chi connectivity index (χ3n) is 7.90. The van der Waals surface area contributed by atoms with E-state index in [4.69, 9.17) is 4.98 Å². The maximum Gasteiger partial charge on any atom is 0.0992 e. The van der Waals surface area contributed by atoms with Gasteiger partial charge in [0.15, 0.2) is 0 Å². The van der Waals surface area contributed by atoms with Crippen LogP contribution in [0.4, 0.5) is 0 Å². The van der Waals surface area contributed by atoms with Crippen LogP contribution in [0.2, 0.25) is 0 Å². The van der Waals surface area contributed by atoms with Crippen molar-refractivity contribution in [3.05, 3.63) is 139 Å². The second kappa shape index (κ2) is 9.15. The van der Waals surface area contributed by atoms with Gasteiger partial charge in [-0.1, -0.05) is 78.9 Å². The zero-order valence-electron chi connectivity index (χ0n) is 22.0. The molecule has 0 saturated carbocycles. The highest BCUT2D eigenvalue weighted by Gasteiger charge is 2.19. The van der Waals surface area contributed by atoms with Crippen molar-refractivity contribution in [3.8, 4) is 34.3 Å². The van der Waals surface area contributed by atoms with Crippen molar-refractivity contribution < 1.29 is 0 Å². The smallest absolute Gasteiger partial charge is 0.0992 e. The van der Waals surface area contributed by atoms with Gasteiger partial charge in [0.1, 0.15) is 0 Å². The number of nitriles is 1.